The Morgan fingerprint density at radius 3 is 2.46 bits per heavy atom. The molecule has 0 bridgehead atoms. The van der Waals surface area contributed by atoms with Crippen LogP contribution in [0, 0.1) is 0 Å². The third kappa shape index (κ3) is 5.54. The zero-order valence-electron chi connectivity index (χ0n) is 15.7. The molecule has 10 heteroatoms. The number of ether oxygens (including phenoxy) is 1. The Morgan fingerprint density at radius 1 is 1.18 bits per heavy atom. The Balaban J connectivity index is 2.10. The normalized spacial score (nSPS) is 11.5. The minimum absolute atomic E-state index is 0.0303. The highest BCUT2D eigenvalue weighted by Gasteiger charge is 2.23. The molecule has 2 aromatic rings. The third-order valence-electron chi connectivity index (χ3n) is 3.71. The zero-order chi connectivity index (χ0) is 20.9. The fourth-order valence-electron chi connectivity index (χ4n) is 2.30. The molecule has 0 saturated heterocycles. The molecule has 0 aliphatic heterocycles. The molecule has 0 fully saturated rings. The number of rotatable bonds is 9. The molecule has 1 N–H and O–H groups in total. The van der Waals surface area contributed by atoms with Gasteiger partial charge in [-0.05, 0) is 37.3 Å². The van der Waals surface area contributed by atoms with Gasteiger partial charge in [-0.3, -0.25) is 9.59 Å². The van der Waals surface area contributed by atoms with Crippen molar-refractivity contribution in [3.63, 3.8) is 0 Å². The summed E-state index contributed by atoms with van der Waals surface area (Å²) in [5.41, 5.74) is 0.306. The first-order chi connectivity index (χ1) is 13.1. The van der Waals surface area contributed by atoms with Crippen molar-refractivity contribution in [2.45, 2.75) is 24.7 Å². The van der Waals surface area contributed by atoms with Gasteiger partial charge in [0.25, 0.3) is 0 Å². The number of amides is 1. The van der Waals surface area contributed by atoms with E-state index in [-0.39, 0.29) is 29.3 Å². The van der Waals surface area contributed by atoms with E-state index in [1.54, 1.807) is 25.1 Å². The summed E-state index contributed by atoms with van der Waals surface area (Å²) in [5.74, 6) is -0.359. The third-order valence-corrected chi connectivity index (χ3v) is 6.82. The van der Waals surface area contributed by atoms with Crippen molar-refractivity contribution in [1.82, 2.24) is 4.31 Å². The minimum atomic E-state index is -3.76. The number of carbonyl (C=O) groups excluding carboxylic acids is 2. The second-order valence-corrected chi connectivity index (χ2v) is 9.79. The summed E-state index contributed by atoms with van der Waals surface area (Å²) in [6.07, 6.45) is -0.000113. The fourth-order valence-corrected chi connectivity index (χ4v) is 4.36. The van der Waals surface area contributed by atoms with E-state index in [2.05, 4.69) is 5.32 Å². The van der Waals surface area contributed by atoms with Crippen molar-refractivity contribution in [2.24, 2.45) is 0 Å². The first-order valence-electron chi connectivity index (χ1n) is 8.43. The number of ketones is 1. The van der Waals surface area contributed by atoms with Crippen LogP contribution in [-0.2, 0) is 14.8 Å². The number of carbonyl (C=O) groups is 2. The van der Waals surface area contributed by atoms with Crippen LogP contribution >= 0.6 is 22.9 Å². The van der Waals surface area contributed by atoms with E-state index in [0.717, 1.165) is 15.6 Å². The number of benzene rings is 1. The number of thiophene rings is 1. The van der Waals surface area contributed by atoms with Crippen molar-refractivity contribution in [3.8, 4) is 5.75 Å². The maximum absolute atomic E-state index is 12.5. The van der Waals surface area contributed by atoms with E-state index >= 15 is 0 Å². The molecular formula is C18H21ClN2O5S2. The number of sulfonamides is 1. The summed E-state index contributed by atoms with van der Waals surface area (Å²) in [7, 11) is -0.925. The lowest BCUT2D eigenvalue weighted by Crippen LogP contribution is -2.23. The van der Waals surface area contributed by atoms with Gasteiger partial charge in [-0.25, -0.2) is 12.7 Å². The first-order valence-corrected chi connectivity index (χ1v) is 11.1. The van der Waals surface area contributed by atoms with E-state index in [1.165, 1.54) is 26.2 Å². The predicted molar refractivity (Wildman–Crippen MR) is 110 cm³/mol. The molecule has 2 rings (SSSR count). The Labute approximate surface area is 173 Å². The Bertz CT molecular complexity index is 970. The summed E-state index contributed by atoms with van der Waals surface area (Å²) in [4.78, 5) is 24.7. The molecule has 1 aromatic carbocycles. The monoisotopic (exact) mass is 444 g/mol. The molecule has 7 nitrogen and oxygen atoms in total. The van der Waals surface area contributed by atoms with Gasteiger partial charge in [0.05, 0.1) is 15.8 Å². The smallest absolute Gasteiger partial charge is 0.246 e. The highest BCUT2D eigenvalue weighted by Crippen LogP contribution is 2.29. The maximum Gasteiger partial charge on any atom is 0.246 e. The van der Waals surface area contributed by atoms with Crippen LogP contribution in [0.25, 0.3) is 0 Å². The van der Waals surface area contributed by atoms with Crippen molar-refractivity contribution >= 4 is 50.3 Å². The summed E-state index contributed by atoms with van der Waals surface area (Å²) in [5, 5.41) is 2.62. The molecule has 0 aliphatic carbocycles. The standard InChI is InChI=1S/C18H21ClN2O5S2/c1-4-26-14-7-5-12(11-16(14)28(24,25)21(2)3)20-18(23)10-6-13(22)15-8-9-17(19)27-15/h5,7-9,11H,4,6,10H2,1-3H3,(H,20,23). The SMILES string of the molecule is CCOc1ccc(NC(=O)CCC(=O)c2ccc(Cl)s2)cc1S(=O)(=O)N(C)C. The van der Waals surface area contributed by atoms with Crippen LogP contribution in [0.3, 0.4) is 0 Å². The number of Topliss-reactive ketones (excluding diaryl/α,β-unsaturated/α-hetero) is 1. The van der Waals surface area contributed by atoms with Crippen LogP contribution < -0.4 is 10.1 Å². The molecule has 0 aliphatic rings. The van der Waals surface area contributed by atoms with E-state index in [4.69, 9.17) is 16.3 Å². The van der Waals surface area contributed by atoms with Gasteiger partial charge < -0.3 is 10.1 Å². The second-order valence-electron chi connectivity index (χ2n) is 5.96. The van der Waals surface area contributed by atoms with E-state index in [1.807, 2.05) is 0 Å². The van der Waals surface area contributed by atoms with Gasteiger partial charge in [-0.2, -0.15) is 0 Å². The van der Waals surface area contributed by atoms with E-state index in [9.17, 15) is 18.0 Å². The summed E-state index contributed by atoms with van der Waals surface area (Å²) in [6.45, 7) is 2.05. The number of hydrogen-bond donors (Lipinski definition) is 1. The van der Waals surface area contributed by atoms with Crippen molar-refractivity contribution in [1.29, 1.82) is 0 Å². The molecule has 152 valence electrons. The molecule has 0 atom stereocenters. The number of anilines is 1. The number of nitrogens with one attached hydrogen (secondary N) is 1. The van der Waals surface area contributed by atoms with E-state index < -0.39 is 15.9 Å². The van der Waals surface area contributed by atoms with Gasteiger partial charge in [-0.1, -0.05) is 11.6 Å². The van der Waals surface area contributed by atoms with Crippen LogP contribution in [0.1, 0.15) is 29.4 Å². The molecule has 0 radical (unpaired) electrons. The summed E-state index contributed by atoms with van der Waals surface area (Å²) < 4.78 is 32.0. The van der Waals surface area contributed by atoms with E-state index in [0.29, 0.717) is 21.5 Å². The zero-order valence-corrected chi connectivity index (χ0v) is 18.1. The average molecular weight is 445 g/mol. The van der Waals surface area contributed by atoms with Crippen molar-refractivity contribution in [2.75, 3.05) is 26.0 Å². The number of nitrogens with zero attached hydrogens (tertiary/aromatic N) is 1. The van der Waals surface area contributed by atoms with Crippen molar-refractivity contribution < 1.29 is 22.7 Å². The molecule has 0 unspecified atom stereocenters. The average Bonchev–Trinajstić information content (AvgIpc) is 3.07. The predicted octanol–water partition coefficient (Wildman–Crippen LogP) is 3.65. The van der Waals surface area contributed by atoms with Gasteiger partial charge in [0.1, 0.15) is 10.6 Å². The molecule has 0 spiro atoms. The first kappa shape index (κ1) is 22.4. The highest BCUT2D eigenvalue weighted by molar-refractivity contribution is 7.89. The molecular weight excluding hydrogens is 424 g/mol. The van der Waals surface area contributed by atoms with Gasteiger partial charge in [-0.15, -0.1) is 11.3 Å². The van der Waals surface area contributed by atoms with Gasteiger partial charge >= 0.3 is 0 Å². The lowest BCUT2D eigenvalue weighted by Gasteiger charge is -2.16. The van der Waals surface area contributed by atoms with Crippen LogP contribution in [0.2, 0.25) is 4.34 Å². The topological polar surface area (TPSA) is 92.8 Å². The number of hydrogen-bond acceptors (Lipinski definition) is 6. The molecule has 0 saturated carbocycles. The van der Waals surface area contributed by atoms with Crippen molar-refractivity contribution in [3.05, 3.63) is 39.5 Å². The minimum Gasteiger partial charge on any atom is -0.492 e. The maximum atomic E-state index is 12.5. The van der Waals surface area contributed by atoms with Gasteiger partial charge in [0.2, 0.25) is 15.9 Å². The molecule has 28 heavy (non-hydrogen) atoms. The largest absolute Gasteiger partial charge is 0.492 e. The fraction of sp³-hybridized carbons (Fsp3) is 0.333. The molecule has 1 amide bonds. The van der Waals surface area contributed by atoms with Gasteiger partial charge in [0.15, 0.2) is 5.78 Å². The highest BCUT2D eigenvalue weighted by atomic mass is 35.5. The van der Waals surface area contributed by atoms with Crippen LogP contribution in [0.5, 0.6) is 5.75 Å². The molecule has 1 aromatic heterocycles. The Kier molecular flexibility index (Phi) is 7.59. The van der Waals surface area contributed by atoms with Crippen LogP contribution in [-0.4, -0.2) is 45.1 Å². The van der Waals surface area contributed by atoms with Crippen LogP contribution in [0.4, 0.5) is 5.69 Å². The molecule has 1 heterocycles. The van der Waals surface area contributed by atoms with Crippen LogP contribution in [0.15, 0.2) is 35.2 Å². The number of halogens is 1. The summed E-state index contributed by atoms with van der Waals surface area (Å²) in [6, 6.07) is 7.65. The summed E-state index contributed by atoms with van der Waals surface area (Å²) >= 11 is 6.97. The second kappa shape index (κ2) is 9.51. The lowest BCUT2D eigenvalue weighted by molar-refractivity contribution is -0.116. The Hall–Kier alpha value is -1.94. The lowest BCUT2D eigenvalue weighted by atomic mass is 10.2. The quantitative estimate of drug-likeness (QED) is 0.596. The Morgan fingerprint density at radius 2 is 1.89 bits per heavy atom. The van der Waals surface area contributed by atoms with Gasteiger partial charge in [0, 0.05) is 32.6 Å².